The van der Waals surface area contributed by atoms with Crippen LogP contribution < -0.4 is 10.9 Å². The molecule has 33 heavy (non-hydrogen) atoms. The van der Waals surface area contributed by atoms with E-state index in [4.69, 9.17) is 11.6 Å². The minimum Gasteiger partial charge on any atom is -0.353 e. The van der Waals surface area contributed by atoms with Crippen LogP contribution in [0.15, 0.2) is 65.6 Å². The van der Waals surface area contributed by atoms with Crippen LogP contribution in [-0.2, 0) is 5.41 Å². The van der Waals surface area contributed by atoms with E-state index < -0.39 is 0 Å². The summed E-state index contributed by atoms with van der Waals surface area (Å²) in [6, 6.07) is 17.9. The topological polar surface area (TPSA) is 46.4 Å². The SMILES string of the molecule is O=c1c2ccccc2nc2ccc(Nc3ccc(C45CC6CC(CC(C6)C4)C5)cc3Cl)cn12. The highest BCUT2D eigenvalue weighted by molar-refractivity contribution is 6.33. The van der Waals surface area contributed by atoms with Crippen molar-refractivity contribution in [3.63, 3.8) is 0 Å². The van der Waals surface area contributed by atoms with E-state index in [1.165, 1.54) is 44.1 Å². The van der Waals surface area contributed by atoms with Gasteiger partial charge in [-0.15, -0.1) is 0 Å². The molecular formula is C28H26ClN3O. The Kier molecular flexibility index (Phi) is 4.20. The Morgan fingerprint density at radius 3 is 2.39 bits per heavy atom. The van der Waals surface area contributed by atoms with Crippen molar-refractivity contribution in [2.75, 3.05) is 5.32 Å². The van der Waals surface area contributed by atoms with Crippen LogP contribution in [0, 0.1) is 17.8 Å². The molecule has 4 nitrogen and oxygen atoms in total. The molecule has 1 N–H and O–H groups in total. The van der Waals surface area contributed by atoms with Crippen LogP contribution in [0.5, 0.6) is 0 Å². The van der Waals surface area contributed by atoms with Gasteiger partial charge < -0.3 is 5.32 Å². The number of hydrogen-bond donors (Lipinski definition) is 1. The fraction of sp³-hybridized carbons (Fsp3) is 0.357. The molecule has 0 saturated heterocycles. The van der Waals surface area contributed by atoms with Crippen molar-refractivity contribution < 1.29 is 0 Å². The van der Waals surface area contributed by atoms with E-state index in [0.29, 0.717) is 22.0 Å². The van der Waals surface area contributed by atoms with Crippen LogP contribution in [-0.4, -0.2) is 9.38 Å². The van der Waals surface area contributed by atoms with Gasteiger partial charge in [0.05, 0.1) is 27.3 Å². The quantitative estimate of drug-likeness (QED) is 0.349. The zero-order valence-corrected chi connectivity index (χ0v) is 19.2. The average molecular weight is 456 g/mol. The van der Waals surface area contributed by atoms with Gasteiger partial charge in [0.2, 0.25) is 0 Å². The molecule has 0 unspecified atom stereocenters. The molecular weight excluding hydrogens is 430 g/mol. The molecule has 166 valence electrons. The van der Waals surface area contributed by atoms with Crippen molar-refractivity contribution in [1.82, 2.24) is 9.38 Å². The number of rotatable bonds is 3. The van der Waals surface area contributed by atoms with Gasteiger partial charge in [-0.1, -0.05) is 29.8 Å². The van der Waals surface area contributed by atoms with Crippen molar-refractivity contribution in [3.8, 4) is 0 Å². The molecule has 4 bridgehead atoms. The van der Waals surface area contributed by atoms with Crippen LogP contribution in [0.4, 0.5) is 11.4 Å². The number of nitrogens with zero attached hydrogens (tertiary/aromatic N) is 2. The molecule has 4 aliphatic carbocycles. The maximum atomic E-state index is 13.0. The predicted molar refractivity (Wildman–Crippen MR) is 134 cm³/mol. The van der Waals surface area contributed by atoms with E-state index in [1.54, 1.807) is 10.6 Å². The number of aromatic nitrogens is 2. The number of hydrogen-bond acceptors (Lipinski definition) is 3. The van der Waals surface area contributed by atoms with Gasteiger partial charge in [-0.25, -0.2) is 4.98 Å². The van der Waals surface area contributed by atoms with Crippen LogP contribution in [0.25, 0.3) is 16.6 Å². The molecule has 8 rings (SSSR count). The van der Waals surface area contributed by atoms with Gasteiger partial charge in [0.15, 0.2) is 0 Å². The minimum absolute atomic E-state index is 0.0671. The Morgan fingerprint density at radius 2 is 1.67 bits per heavy atom. The molecule has 4 aromatic rings. The molecule has 4 aliphatic rings. The molecule has 4 fully saturated rings. The number of para-hydroxylation sites is 1. The van der Waals surface area contributed by atoms with Gasteiger partial charge in [-0.3, -0.25) is 9.20 Å². The minimum atomic E-state index is -0.0671. The third kappa shape index (κ3) is 3.11. The zero-order chi connectivity index (χ0) is 22.2. The smallest absolute Gasteiger partial charge is 0.265 e. The lowest BCUT2D eigenvalue weighted by Crippen LogP contribution is -2.48. The molecule has 0 amide bonds. The number of fused-ring (bicyclic) bond motifs is 2. The molecule has 0 aliphatic heterocycles. The van der Waals surface area contributed by atoms with Gasteiger partial charge in [0.1, 0.15) is 5.65 Å². The maximum absolute atomic E-state index is 13.0. The molecule has 2 aromatic carbocycles. The molecule has 5 heteroatoms. The normalized spacial score (nSPS) is 28.0. The Balaban J connectivity index is 1.22. The fourth-order valence-electron chi connectivity index (χ4n) is 7.39. The average Bonchev–Trinajstić information content (AvgIpc) is 2.80. The molecule has 0 atom stereocenters. The van der Waals surface area contributed by atoms with Crippen molar-refractivity contribution in [1.29, 1.82) is 0 Å². The number of halogens is 1. The monoisotopic (exact) mass is 455 g/mol. The van der Waals surface area contributed by atoms with Crippen LogP contribution in [0.3, 0.4) is 0 Å². The summed E-state index contributed by atoms with van der Waals surface area (Å²) >= 11 is 6.80. The summed E-state index contributed by atoms with van der Waals surface area (Å²) in [6.07, 6.45) is 10.1. The Bertz CT molecular complexity index is 1440. The maximum Gasteiger partial charge on any atom is 0.265 e. The Hall–Kier alpha value is -2.85. The zero-order valence-electron chi connectivity index (χ0n) is 18.4. The van der Waals surface area contributed by atoms with Gasteiger partial charge in [0, 0.05) is 6.20 Å². The van der Waals surface area contributed by atoms with E-state index in [2.05, 4.69) is 28.5 Å². The van der Waals surface area contributed by atoms with E-state index in [-0.39, 0.29) is 5.56 Å². The second-order valence-corrected chi connectivity index (χ2v) is 11.0. The molecule has 2 aromatic heterocycles. The molecule has 0 radical (unpaired) electrons. The number of anilines is 2. The van der Waals surface area contributed by atoms with E-state index in [0.717, 1.165) is 34.2 Å². The third-order valence-corrected chi connectivity index (χ3v) is 8.73. The highest BCUT2D eigenvalue weighted by Gasteiger charge is 2.51. The largest absolute Gasteiger partial charge is 0.353 e. The first-order valence-corrected chi connectivity index (χ1v) is 12.4. The first-order valence-electron chi connectivity index (χ1n) is 12.0. The number of benzene rings is 2. The second-order valence-electron chi connectivity index (χ2n) is 10.6. The van der Waals surface area contributed by atoms with Gasteiger partial charge in [-0.2, -0.15) is 0 Å². The summed E-state index contributed by atoms with van der Waals surface area (Å²) in [5, 5.41) is 4.78. The van der Waals surface area contributed by atoms with Gasteiger partial charge in [0.25, 0.3) is 5.56 Å². The van der Waals surface area contributed by atoms with Crippen LogP contribution >= 0.6 is 11.6 Å². The Labute approximate surface area is 197 Å². The van der Waals surface area contributed by atoms with Crippen molar-refractivity contribution in [2.24, 2.45) is 17.8 Å². The van der Waals surface area contributed by atoms with Crippen LogP contribution in [0.2, 0.25) is 5.02 Å². The van der Waals surface area contributed by atoms with Crippen LogP contribution in [0.1, 0.15) is 44.1 Å². The standard InChI is InChI=1S/C28H26ClN3O/c29-23-12-20(28-13-17-9-18(14-28)11-19(10-17)15-28)5-7-25(23)30-21-6-8-26-31-24-4-2-1-3-22(24)27(33)32(26)16-21/h1-8,12,16-19,30H,9-11,13-15H2. The summed E-state index contributed by atoms with van der Waals surface area (Å²) in [5.41, 5.74) is 4.71. The molecule has 2 heterocycles. The summed E-state index contributed by atoms with van der Waals surface area (Å²) in [5.74, 6) is 2.73. The first-order chi connectivity index (χ1) is 16.1. The summed E-state index contributed by atoms with van der Waals surface area (Å²) in [7, 11) is 0. The lowest BCUT2D eigenvalue weighted by Gasteiger charge is -2.57. The van der Waals surface area contributed by atoms with E-state index in [9.17, 15) is 4.79 Å². The third-order valence-electron chi connectivity index (χ3n) is 8.41. The highest BCUT2D eigenvalue weighted by atomic mass is 35.5. The van der Waals surface area contributed by atoms with Crippen molar-refractivity contribution >= 4 is 39.5 Å². The number of nitrogens with one attached hydrogen (secondary N) is 1. The summed E-state index contributed by atoms with van der Waals surface area (Å²) in [4.78, 5) is 17.6. The van der Waals surface area contributed by atoms with Crippen molar-refractivity contribution in [2.45, 2.75) is 43.9 Å². The predicted octanol–water partition coefficient (Wildman–Crippen LogP) is 6.71. The summed E-state index contributed by atoms with van der Waals surface area (Å²) in [6.45, 7) is 0. The van der Waals surface area contributed by atoms with E-state index >= 15 is 0 Å². The van der Waals surface area contributed by atoms with Crippen molar-refractivity contribution in [3.05, 3.63) is 81.7 Å². The highest BCUT2D eigenvalue weighted by Crippen LogP contribution is 2.61. The van der Waals surface area contributed by atoms with Gasteiger partial charge >= 0.3 is 0 Å². The fourth-order valence-corrected chi connectivity index (χ4v) is 7.62. The van der Waals surface area contributed by atoms with Gasteiger partial charge in [-0.05, 0) is 104 Å². The molecule has 4 saturated carbocycles. The van der Waals surface area contributed by atoms with E-state index in [1.807, 2.05) is 36.4 Å². The lowest BCUT2D eigenvalue weighted by atomic mass is 9.48. The lowest BCUT2D eigenvalue weighted by molar-refractivity contribution is -0.00517. The number of pyridine rings is 1. The summed E-state index contributed by atoms with van der Waals surface area (Å²) < 4.78 is 1.60. The molecule has 0 spiro atoms. The first kappa shape index (κ1) is 19.6. The Morgan fingerprint density at radius 1 is 0.939 bits per heavy atom. The second kappa shape index (κ2) is 7.07.